The van der Waals surface area contributed by atoms with Crippen molar-refractivity contribution in [2.24, 2.45) is 0 Å². The monoisotopic (exact) mass is 351 g/mol. The van der Waals surface area contributed by atoms with Crippen LogP contribution in [0, 0.1) is 0 Å². The number of hydrogen-bond acceptors (Lipinski definition) is 3. The normalized spacial score (nSPS) is 19.5. The maximum atomic E-state index is 12.5. The van der Waals surface area contributed by atoms with Crippen molar-refractivity contribution in [3.05, 3.63) is 34.9 Å². The van der Waals surface area contributed by atoms with Gasteiger partial charge in [0.05, 0.1) is 13.2 Å². The Balaban J connectivity index is 1.36. The van der Waals surface area contributed by atoms with Gasteiger partial charge in [-0.1, -0.05) is 23.7 Å². The highest BCUT2D eigenvalue weighted by atomic mass is 35.5. The average Bonchev–Trinajstić information content (AvgIpc) is 2.63. The molecule has 0 bridgehead atoms. The predicted octanol–water partition coefficient (Wildman–Crippen LogP) is 2.34. The number of carbonyl (C=O) groups is 1. The number of halogens is 1. The van der Waals surface area contributed by atoms with Gasteiger partial charge in [-0.05, 0) is 37.1 Å². The van der Waals surface area contributed by atoms with E-state index in [1.165, 1.54) is 5.56 Å². The third kappa shape index (κ3) is 4.85. The predicted molar refractivity (Wildman–Crippen MR) is 95.6 cm³/mol. The molecule has 0 aromatic heterocycles. The van der Waals surface area contributed by atoms with Crippen LogP contribution in [0.1, 0.15) is 12.0 Å². The number of carbonyl (C=O) groups excluding carboxylic acids is 1. The average molecular weight is 352 g/mol. The van der Waals surface area contributed by atoms with Gasteiger partial charge < -0.3 is 14.5 Å². The van der Waals surface area contributed by atoms with Crippen LogP contribution in [-0.2, 0) is 11.2 Å². The number of rotatable bonds is 4. The summed E-state index contributed by atoms with van der Waals surface area (Å²) in [6.07, 6.45) is 2.17. The molecule has 2 aliphatic heterocycles. The molecule has 0 saturated carbocycles. The fourth-order valence-corrected chi connectivity index (χ4v) is 3.53. The zero-order valence-corrected chi connectivity index (χ0v) is 14.9. The van der Waals surface area contributed by atoms with Crippen LogP contribution in [-0.4, -0.2) is 79.8 Å². The molecular formula is C18H26ClN3O2. The van der Waals surface area contributed by atoms with Crippen molar-refractivity contribution in [2.75, 3.05) is 59.0 Å². The van der Waals surface area contributed by atoms with Gasteiger partial charge in [-0.3, -0.25) is 4.90 Å². The third-order valence-corrected chi connectivity index (χ3v) is 4.99. The topological polar surface area (TPSA) is 36.0 Å². The minimum Gasteiger partial charge on any atom is -0.378 e. The Labute approximate surface area is 149 Å². The summed E-state index contributed by atoms with van der Waals surface area (Å²) in [5.74, 6) is 0. The molecule has 6 heteroatoms. The van der Waals surface area contributed by atoms with Crippen LogP contribution in [0.4, 0.5) is 4.79 Å². The molecular weight excluding hydrogens is 326 g/mol. The van der Waals surface area contributed by atoms with Crippen LogP contribution >= 0.6 is 11.6 Å². The lowest BCUT2D eigenvalue weighted by atomic mass is 10.1. The van der Waals surface area contributed by atoms with Gasteiger partial charge in [-0.25, -0.2) is 4.79 Å². The Morgan fingerprint density at radius 2 is 1.75 bits per heavy atom. The number of ether oxygens (including phenoxy) is 1. The summed E-state index contributed by atoms with van der Waals surface area (Å²) in [4.78, 5) is 18.8. The maximum absolute atomic E-state index is 12.5. The second-order valence-electron chi connectivity index (χ2n) is 6.44. The van der Waals surface area contributed by atoms with Crippen molar-refractivity contribution in [3.63, 3.8) is 0 Å². The minimum absolute atomic E-state index is 0.178. The summed E-state index contributed by atoms with van der Waals surface area (Å²) in [5.41, 5.74) is 1.30. The molecule has 0 radical (unpaired) electrons. The van der Waals surface area contributed by atoms with Crippen LogP contribution in [0.2, 0.25) is 5.02 Å². The fraction of sp³-hybridized carbons (Fsp3) is 0.611. The SMILES string of the molecule is O=C(N1CCOCC1)N1CCN(CCCc2cccc(Cl)c2)CC1. The van der Waals surface area contributed by atoms with Crippen molar-refractivity contribution in [1.29, 1.82) is 0 Å². The summed E-state index contributed by atoms with van der Waals surface area (Å²) in [7, 11) is 0. The summed E-state index contributed by atoms with van der Waals surface area (Å²) in [5, 5.41) is 0.808. The summed E-state index contributed by atoms with van der Waals surface area (Å²) in [6, 6.07) is 8.27. The van der Waals surface area contributed by atoms with Gasteiger partial charge in [0.25, 0.3) is 0 Å². The number of nitrogens with zero attached hydrogens (tertiary/aromatic N) is 3. The van der Waals surface area contributed by atoms with E-state index in [0.717, 1.165) is 63.7 Å². The highest BCUT2D eigenvalue weighted by Gasteiger charge is 2.26. The number of amides is 2. The summed E-state index contributed by atoms with van der Waals surface area (Å²) >= 11 is 6.02. The molecule has 2 saturated heterocycles. The second-order valence-corrected chi connectivity index (χ2v) is 6.88. The number of hydrogen-bond donors (Lipinski definition) is 0. The van der Waals surface area contributed by atoms with Crippen molar-refractivity contribution in [2.45, 2.75) is 12.8 Å². The van der Waals surface area contributed by atoms with E-state index in [1.807, 2.05) is 28.0 Å². The molecule has 0 spiro atoms. The lowest BCUT2D eigenvalue weighted by Gasteiger charge is -2.38. The Morgan fingerprint density at radius 3 is 2.46 bits per heavy atom. The summed E-state index contributed by atoms with van der Waals surface area (Å²) in [6.45, 7) is 7.42. The molecule has 0 N–H and O–H groups in total. The Kier molecular flexibility index (Phi) is 6.35. The molecule has 2 amide bonds. The van der Waals surface area contributed by atoms with Gasteiger partial charge in [0, 0.05) is 44.3 Å². The van der Waals surface area contributed by atoms with Crippen molar-refractivity contribution in [3.8, 4) is 0 Å². The zero-order valence-electron chi connectivity index (χ0n) is 14.1. The number of aryl methyl sites for hydroxylation is 1. The van der Waals surface area contributed by atoms with Gasteiger partial charge >= 0.3 is 6.03 Å². The standard InChI is InChI=1S/C18H26ClN3O2/c19-17-5-1-3-16(15-17)4-2-6-20-7-9-21(10-8-20)18(23)22-11-13-24-14-12-22/h1,3,5,15H,2,4,6-14H2. The lowest BCUT2D eigenvalue weighted by Crippen LogP contribution is -2.54. The van der Waals surface area contributed by atoms with Gasteiger partial charge in [0.15, 0.2) is 0 Å². The second kappa shape index (κ2) is 8.70. The molecule has 132 valence electrons. The number of morpholine rings is 1. The zero-order chi connectivity index (χ0) is 16.8. The van der Waals surface area contributed by atoms with E-state index in [2.05, 4.69) is 11.0 Å². The van der Waals surface area contributed by atoms with Crippen LogP contribution in [0.15, 0.2) is 24.3 Å². The van der Waals surface area contributed by atoms with Crippen molar-refractivity contribution >= 4 is 17.6 Å². The molecule has 5 nitrogen and oxygen atoms in total. The highest BCUT2D eigenvalue weighted by Crippen LogP contribution is 2.13. The number of benzene rings is 1. The minimum atomic E-state index is 0.178. The van der Waals surface area contributed by atoms with Crippen LogP contribution < -0.4 is 0 Å². The molecule has 0 aliphatic carbocycles. The van der Waals surface area contributed by atoms with Crippen molar-refractivity contribution < 1.29 is 9.53 Å². The van der Waals surface area contributed by atoms with E-state index in [0.29, 0.717) is 13.2 Å². The van der Waals surface area contributed by atoms with Crippen LogP contribution in [0.3, 0.4) is 0 Å². The smallest absolute Gasteiger partial charge is 0.320 e. The first kappa shape index (κ1) is 17.5. The largest absolute Gasteiger partial charge is 0.378 e. The van der Waals surface area contributed by atoms with Gasteiger partial charge in [-0.15, -0.1) is 0 Å². The molecule has 2 aliphatic rings. The van der Waals surface area contributed by atoms with Crippen LogP contribution in [0.25, 0.3) is 0 Å². The number of piperazine rings is 1. The first-order valence-corrected chi connectivity index (χ1v) is 9.18. The van der Waals surface area contributed by atoms with E-state index in [9.17, 15) is 4.79 Å². The van der Waals surface area contributed by atoms with E-state index in [1.54, 1.807) is 0 Å². The van der Waals surface area contributed by atoms with Gasteiger partial charge in [0.2, 0.25) is 0 Å². The quantitative estimate of drug-likeness (QED) is 0.835. The number of urea groups is 1. The highest BCUT2D eigenvalue weighted by molar-refractivity contribution is 6.30. The van der Waals surface area contributed by atoms with E-state index in [-0.39, 0.29) is 6.03 Å². The van der Waals surface area contributed by atoms with Crippen molar-refractivity contribution in [1.82, 2.24) is 14.7 Å². The summed E-state index contributed by atoms with van der Waals surface area (Å²) < 4.78 is 5.31. The Bertz CT molecular complexity index is 541. The molecule has 3 rings (SSSR count). The molecule has 2 heterocycles. The van der Waals surface area contributed by atoms with E-state index < -0.39 is 0 Å². The molecule has 1 aromatic rings. The Morgan fingerprint density at radius 1 is 1.04 bits per heavy atom. The molecule has 24 heavy (non-hydrogen) atoms. The van der Waals surface area contributed by atoms with Crippen LogP contribution in [0.5, 0.6) is 0 Å². The molecule has 0 unspecified atom stereocenters. The van der Waals surface area contributed by atoms with E-state index >= 15 is 0 Å². The fourth-order valence-electron chi connectivity index (χ4n) is 3.32. The lowest BCUT2D eigenvalue weighted by molar-refractivity contribution is 0.0376. The first-order chi connectivity index (χ1) is 11.7. The molecule has 2 fully saturated rings. The molecule has 0 atom stereocenters. The first-order valence-electron chi connectivity index (χ1n) is 8.81. The van der Waals surface area contributed by atoms with E-state index in [4.69, 9.17) is 16.3 Å². The van der Waals surface area contributed by atoms with Gasteiger partial charge in [0.1, 0.15) is 0 Å². The third-order valence-electron chi connectivity index (χ3n) is 4.75. The van der Waals surface area contributed by atoms with Gasteiger partial charge in [-0.2, -0.15) is 0 Å². The Hall–Kier alpha value is -1.30. The molecule has 1 aromatic carbocycles. The maximum Gasteiger partial charge on any atom is 0.320 e.